The number of pyridine rings is 1. The maximum Gasteiger partial charge on any atom is 0.174 e. The summed E-state index contributed by atoms with van der Waals surface area (Å²) in [5, 5.41) is 0. The van der Waals surface area contributed by atoms with Crippen LogP contribution < -0.4 is 0 Å². The number of aryl methyl sites for hydroxylation is 1. The van der Waals surface area contributed by atoms with Crippen molar-refractivity contribution in [2.24, 2.45) is 0 Å². The van der Waals surface area contributed by atoms with Crippen LogP contribution in [0.25, 0.3) is 5.82 Å². The van der Waals surface area contributed by atoms with Crippen molar-refractivity contribution in [2.75, 3.05) is 0 Å². The summed E-state index contributed by atoms with van der Waals surface area (Å²) in [7, 11) is 0. The topological polar surface area (TPSA) is 30.7 Å². The molecule has 0 radical (unpaired) electrons. The van der Waals surface area contributed by atoms with Gasteiger partial charge in [-0.3, -0.25) is 4.57 Å². The first-order valence-corrected chi connectivity index (χ1v) is 5.85. The van der Waals surface area contributed by atoms with Crippen molar-refractivity contribution in [3.8, 4) is 5.82 Å². The highest BCUT2D eigenvalue weighted by Gasteiger charge is 2.10. The smallest absolute Gasteiger partial charge is 0.174 e. The molecule has 0 aromatic carbocycles. The molecule has 2 heterocycles. The minimum atomic E-state index is -0.357. The summed E-state index contributed by atoms with van der Waals surface area (Å²) in [5.41, 5.74) is 0. The zero-order valence-corrected chi connectivity index (χ0v) is 10.4. The first-order chi connectivity index (χ1) is 7.72. The maximum atomic E-state index is 13.7. The van der Waals surface area contributed by atoms with Crippen LogP contribution in [-0.2, 0) is 6.42 Å². The molecule has 16 heavy (non-hydrogen) atoms. The quantitative estimate of drug-likeness (QED) is 0.867. The van der Waals surface area contributed by atoms with Crippen molar-refractivity contribution in [3.05, 3.63) is 40.8 Å². The summed E-state index contributed by atoms with van der Waals surface area (Å²) < 4.78 is 16.0. The van der Waals surface area contributed by atoms with Gasteiger partial charge in [0.2, 0.25) is 0 Å². The molecule has 2 aromatic heterocycles. The van der Waals surface area contributed by atoms with E-state index >= 15 is 0 Å². The van der Waals surface area contributed by atoms with Gasteiger partial charge >= 0.3 is 0 Å². The zero-order valence-electron chi connectivity index (χ0n) is 8.82. The standard InChI is InChI=1S/C11H11BrFN3/c1-2-3-10-14-4-5-16(10)11-9(13)6-8(12)7-15-11/h4-7H,2-3H2,1H3. The van der Waals surface area contributed by atoms with E-state index in [0.29, 0.717) is 10.3 Å². The number of imidazole rings is 1. The van der Waals surface area contributed by atoms with E-state index in [1.807, 2.05) is 0 Å². The highest BCUT2D eigenvalue weighted by molar-refractivity contribution is 9.10. The van der Waals surface area contributed by atoms with Crippen LogP contribution in [0.3, 0.4) is 0 Å². The molecule has 0 N–H and O–H groups in total. The average Bonchev–Trinajstić information content (AvgIpc) is 2.67. The molecule has 0 fully saturated rings. The van der Waals surface area contributed by atoms with E-state index in [1.54, 1.807) is 23.2 Å². The lowest BCUT2D eigenvalue weighted by atomic mass is 10.3. The zero-order chi connectivity index (χ0) is 11.5. The monoisotopic (exact) mass is 283 g/mol. The molecule has 84 valence electrons. The molecule has 0 aliphatic heterocycles. The van der Waals surface area contributed by atoms with Crippen molar-refractivity contribution < 1.29 is 4.39 Å². The van der Waals surface area contributed by atoms with Crippen LogP contribution in [0.15, 0.2) is 29.1 Å². The second kappa shape index (κ2) is 4.74. The third-order valence-corrected chi connectivity index (χ3v) is 2.64. The molecule has 0 atom stereocenters. The van der Waals surface area contributed by atoms with Gasteiger partial charge in [-0.25, -0.2) is 14.4 Å². The Labute approximate surface area is 101 Å². The van der Waals surface area contributed by atoms with Crippen molar-refractivity contribution in [1.29, 1.82) is 0 Å². The number of aromatic nitrogens is 3. The minimum Gasteiger partial charge on any atom is -0.285 e. The van der Waals surface area contributed by atoms with Gasteiger partial charge < -0.3 is 0 Å². The predicted molar refractivity (Wildman–Crippen MR) is 63.0 cm³/mol. The molecule has 2 aromatic rings. The number of hydrogen-bond donors (Lipinski definition) is 0. The van der Waals surface area contributed by atoms with Gasteiger partial charge in [-0.05, 0) is 28.4 Å². The second-order valence-electron chi connectivity index (χ2n) is 3.42. The lowest BCUT2D eigenvalue weighted by Gasteiger charge is -2.07. The van der Waals surface area contributed by atoms with Gasteiger partial charge in [0.25, 0.3) is 0 Å². The minimum absolute atomic E-state index is 0.296. The van der Waals surface area contributed by atoms with E-state index in [9.17, 15) is 4.39 Å². The largest absolute Gasteiger partial charge is 0.285 e. The third kappa shape index (κ3) is 2.14. The summed E-state index contributed by atoms with van der Waals surface area (Å²) in [5.74, 6) is 0.769. The Kier molecular flexibility index (Phi) is 3.33. The fourth-order valence-corrected chi connectivity index (χ4v) is 1.82. The molecule has 0 bridgehead atoms. The van der Waals surface area contributed by atoms with Crippen molar-refractivity contribution in [2.45, 2.75) is 19.8 Å². The summed E-state index contributed by atoms with van der Waals surface area (Å²) in [4.78, 5) is 8.25. The predicted octanol–water partition coefficient (Wildman–Crippen LogP) is 3.12. The Balaban J connectivity index is 2.46. The normalized spacial score (nSPS) is 10.7. The lowest BCUT2D eigenvalue weighted by molar-refractivity contribution is 0.603. The Hall–Kier alpha value is -1.23. The first kappa shape index (κ1) is 11.3. The fourth-order valence-electron chi connectivity index (χ4n) is 1.52. The van der Waals surface area contributed by atoms with E-state index in [0.717, 1.165) is 18.7 Å². The number of hydrogen-bond acceptors (Lipinski definition) is 2. The van der Waals surface area contributed by atoms with E-state index in [-0.39, 0.29) is 5.82 Å². The van der Waals surface area contributed by atoms with Gasteiger partial charge in [-0.1, -0.05) is 6.92 Å². The third-order valence-electron chi connectivity index (χ3n) is 2.21. The van der Waals surface area contributed by atoms with Crippen LogP contribution >= 0.6 is 15.9 Å². The molecular formula is C11H11BrFN3. The summed E-state index contributed by atoms with van der Waals surface area (Å²) in [6.07, 6.45) is 6.74. The van der Waals surface area contributed by atoms with Crippen LogP contribution in [0.2, 0.25) is 0 Å². The molecule has 5 heteroatoms. The van der Waals surface area contributed by atoms with Crippen molar-refractivity contribution in [1.82, 2.24) is 14.5 Å². The van der Waals surface area contributed by atoms with Crippen LogP contribution in [0, 0.1) is 5.82 Å². The Morgan fingerprint density at radius 3 is 2.94 bits per heavy atom. The molecular weight excluding hydrogens is 273 g/mol. The molecule has 3 nitrogen and oxygen atoms in total. The first-order valence-electron chi connectivity index (χ1n) is 5.06. The molecule has 0 saturated heterocycles. The SMILES string of the molecule is CCCc1nccn1-c1ncc(Br)cc1F. The van der Waals surface area contributed by atoms with Gasteiger partial charge in [0.05, 0.1) is 0 Å². The maximum absolute atomic E-state index is 13.7. The van der Waals surface area contributed by atoms with Gasteiger partial charge in [0, 0.05) is 29.5 Å². The summed E-state index contributed by atoms with van der Waals surface area (Å²) in [6, 6.07) is 1.40. The molecule has 0 amide bonds. The van der Waals surface area contributed by atoms with Crippen LogP contribution in [0.1, 0.15) is 19.2 Å². The molecule has 0 unspecified atom stereocenters. The molecule has 0 aliphatic rings. The Morgan fingerprint density at radius 2 is 2.25 bits per heavy atom. The fraction of sp³-hybridized carbons (Fsp3) is 0.273. The van der Waals surface area contributed by atoms with Crippen LogP contribution in [-0.4, -0.2) is 14.5 Å². The Morgan fingerprint density at radius 1 is 1.44 bits per heavy atom. The van der Waals surface area contributed by atoms with E-state index in [1.165, 1.54) is 6.07 Å². The lowest BCUT2D eigenvalue weighted by Crippen LogP contribution is -2.04. The summed E-state index contributed by atoms with van der Waals surface area (Å²) >= 11 is 3.18. The highest BCUT2D eigenvalue weighted by Crippen LogP contribution is 2.17. The van der Waals surface area contributed by atoms with Crippen molar-refractivity contribution >= 4 is 15.9 Å². The number of nitrogens with zero attached hydrogens (tertiary/aromatic N) is 3. The van der Waals surface area contributed by atoms with E-state index in [2.05, 4.69) is 32.8 Å². The molecule has 0 spiro atoms. The molecule has 0 saturated carbocycles. The highest BCUT2D eigenvalue weighted by atomic mass is 79.9. The number of halogens is 2. The van der Waals surface area contributed by atoms with Crippen LogP contribution in [0.4, 0.5) is 4.39 Å². The average molecular weight is 284 g/mol. The second-order valence-corrected chi connectivity index (χ2v) is 4.34. The van der Waals surface area contributed by atoms with E-state index in [4.69, 9.17) is 0 Å². The summed E-state index contributed by atoms with van der Waals surface area (Å²) in [6.45, 7) is 2.06. The Bertz CT molecular complexity index is 496. The van der Waals surface area contributed by atoms with Gasteiger partial charge in [0.1, 0.15) is 5.82 Å². The molecule has 2 rings (SSSR count). The van der Waals surface area contributed by atoms with Gasteiger partial charge in [-0.15, -0.1) is 0 Å². The van der Waals surface area contributed by atoms with E-state index < -0.39 is 0 Å². The number of rotatable bonds is 3. The van der Waals surface area contributed by atoms with Gasteiger partial charge in [0.15, 0.2) is 11.6 Å². The van der Waals surface area contributed by atoms with Crippen molar-refractivity contribution in [3.63, 3.8) is 0 Å². The molecule has 0 aliphatic carbocycles. The van der Waals surface area contributed by atoms with Gasteiger partial charge in [-0.2, -0.15) is 0 Å². The van der Waals surface area contributed by atoms with Crippen LogP contribution in [0.5, 0.6) is 0 Å².